The summed E-state index contributed by atoms with van der Waals surface area (Å²) in [6.45, 7) is 1.83. The van der Waals surface area contributed by atoms with E-state index in [1.807, 2.05) is 61.5 Å². The molecule has 1 amide bonds. The van der Waals surface area contributed by atoms with Crippen LogP contribution in [-0.4, -0.2) is 31.2 Å². The molecule has 0 fully saturated rings. The van der Waals surface area contributed by atoms with E-state index < -0.39 is 10.0 Å². The smallest absolute Gasteiger partial charge is 0.243 e. The molecule has 0 saturated carbocycles. The molecule has 5 nitrogen and oxygen atoms in total. The number of carbonyl (C=O) groups is 1. The van der Waals surface area contributed by atoms with Gasteiger partial charge in [-0.3, -0.25) is 4.79 Å². The molecule has 1 atom stereocenters. The third-order valence-corrected chi connectivity index (χ3v) is 7.50. The maximum atomic E-state index is 13.4. The number of hydrogen-bond donors (Lipinski definition) is 0. The number of para-hydroxylation sites is 1. The van der Waals surface area contributed by atoms with Crippen molar-refractivity contribution in [2.45, 2.75) is 30.8 Å². The van der Waals surface area contributed by atoms with Crippen molar-refractivity contribution in [3.63, 3.8) is 0 Å². The van der Waals surface area contributed by atoms with E-state index >= 15 is 0 Å². The summed E-state index contributed by atoms with van der Waals surface area (Å²) in [5.41, 5.74) is 2.75. The van der Waals surface area contributed by atoms with Crippen molar-refractivity contribution in [1.82, 2.24) is 4.31 Å². The highest BCUT2D eigenvalue weighted by atomic mass is 35.5. The molecular weight excluding hydrogens is 432 g/mol. The molecule has 1 aliphatic rings. The molecule has 160 valence electrons. The third-order valence-electron chi connectivity index (χ3n) is 5.44. The first-order chi connectivity index (χ1) is 14.9. The zero-order valence-corrected chi connectivity index (χ0v) is 18.7. The summed E-state index contributed by atoms with van der Waals surface area (Å²) in [4.78, 5) is 15.2. The van der Waals surface area contributed by atoms with E-state index in [1.54, 1.807) is 4.90 Å². The summed E-state index contributed by atoms with van der Waals surface area (Å²) < 4.78 is 28.1. The maximum absolute atomic E-state index is 13.4. The van der Waals surface area contributed by atoms with Gasteiger partial charge in [0.15, 0.2) is 0 Å². The first kappa shape index (κ1) is 21.6. The van der Waals surface area contributed by atoms with Crippen molar-refractivity contribution in [3.8, 4) is 0 Å². The lowest BCUT2D eigenvalue weighted by atomic mass is 10.1. The first-order valence-electron chi connectivity index (χ1n) is 10.1. The number of carbonyl (C=O) groups excluding carboxylic acids is 1. The zero-order chi connectivity index (χ0) is 22.0. The Bertz CT molecular complexity index is 1180. The number of nitrogens with zero attached hydrogens (tertiary/aromatic N) is 2. The first-order valence-corrected chi connectivity index (χ1v) is 11.9. The van der Waals surface area contributed by atoms with Crippen molar-refractivity contribution < 1.29 is 13.2 Å². The molecule has 0 bridgehead atoms. The van der Waals surface area contributed by atoms with Crippen molar-refractivity contribution >= 4 is 33.2 Å². The van der Waals surface area contributed by atoms with Gasteiger partial charge < -0.3 is 4.90 Å². The Labute approximate surface area is 187 Å². The van der Waals surface area contributed by atoms with Crippen molar-refractivity contribution in [2.75, 3.05) is 11.4 Å². The van der Waals surface area contributed by atoms with Gasteiger partial charge in [-0.25, -0.2) is 8.42 Å². The molecular formula is C24H23ClN2O3S. The van der Waals surface area contributed by atoms with Crippen LogP contribution in [0, 0.1) is 0 Å². The molecule has 1 aliphatic heterocycles. The standard InChI is InChI=1S/C24H23ClN2O3S/c1-18-15-20-9-5-6-10-23(20)27(18)24(28)17-26(16-19-7-3-2-4-8-19)31(29,30)22-13-11-21(25)12-14-22/h2-14,18H,15-17H2,1H3/t18-/m0/s1. The highest BCUT2D eigenvalue weighted by Gasteiger charge is 2.34. The Morgan fingerprint density at radius 2 is 1.65 bits per heavy atom. The normalized spacial score (nSPS) is 15.8. The minimum absolute atomic E-state index is 0.0262. The minimum Gasteiger partial charge on any atom is -0.308 e. The van der Waals surface area contributed by atoms with Crippen LogP contribution in [0.2, 0.25) is 5.02 Å². The molecule has 0 unspecified atom stereocenters. The van der Waals surface area contributed by atoms with E-state index in [2.05, 4.69) is 0 Å². The number of halogens is 1. The number of sulfonamides is 1. The largest absolute Gasteiger partial charge is 0.308 e. The van der Waals surface area contributed by atoms with Gasteiger partial charge in [0, 0.05) is 23.3 Å². The summed E-state index contributed by atoms with van der Waals surface area (Å²) >= 11 is 5.94. The molecule has 0 aromatic heterocycles. The Morgan fingerprint density at radius 1 is 1.00 bits per heavy atom. The molecule has 0 N–H and O–H groups in total. The number of benzene rings is 3. The fourth-order valence-corrected chi connectivity index (χ4v) is 5.44. The second-order valence-electron chi connectivity index (χ2n) is 7.66. The van der Waals surface area contributed by atoms with Gasteiger partial charge >= 0.3 is 0 Å². The second-order valence-corrected chi connectivity index (χ2v) is 10.0. The van der Waals surface area contributed by atoms with E-state index in [0.29, 0.717) is 5.02 Å². The molecule has 1 heterocycles. The predicted octanol–water partition coefficient (Wildman–Crippen LogP) is 4.51. The van der Waals surface area contributed by atoms with Crippen molar-refractivity contribution in [1.29, 1.82) is 0 Å². The molecule has 0 aliphatic carbocycles. The van der Waals surface area contributed by atoms with Gasteiger partial charge in [-0.15, -0.1) is 0 Å². The Kier molecular flexibility index (Phi) is 6.14. The van der Waals surface area contributed by atoms with E-state index in [0.717, 1.165) is 23.2 Å². The van der Waals surface area contributed by atoms with E-state index in [1.165, 1.54) is 28.6 Å². The quantitative estimate of drug-likeness (QED) is 0.550. The highest BCUT2D eigenvalue weighted by molar-refractivity contribution is 7.89. The summed E-state index contributed by atoms with van der Waals surface area (Å²) in [7, 11) is -3.91. The van der Waals surface area contributed by atoms with Crippen LogP contribution >= 0.6 is 11.6 Å². The molecule has 31 heavy (non-hydrogen) atoms. The van der Waals surface area contributed by atoms with E-state index in [4.69, 9.17) is 11.6 Å². The fraction of sp³-hybridized carbons (Fsp3) is 0.208. The van der Waals surface area contributed by atoms with Gasteiger partial charge in [0.1, 0.15) is 0 Å². The molecule has 0 spiro atoms. The molecule has 0 saturated heterocycles. The van der Waals surface area contributed by atoms with Crippen LogP contribution in [0.4, 0.5) is 5.69 Å². The van der Waals surface area contributed by atoms with Crippen LogP contribution in [0.1, 0.15) is 18.1 Å². The number of fused-ring (bicyclic) bond motifs is 1. The Morgan fingerprint density at radius 3 is 2.35 bits per heavy atom. The molecule has 0 radical (unpaired) electrons. The summed E-state index contributed by atoms with van der Waals surface area (Å²) in [5.74, 6) is -0.245. The average molecular weight is 455 g/mol. The monoisotopic (exact) mass is 454 g/mol. The van der Waals surface area contributed by atoms with Gasteiger partial charge in [-0.2, -0.15) is 4.31 Å². The average Bonchev–Trinajstić information content (AvgIpc) is 3.10. The summed E-state index contributed by atoms with van der Waals surface area (Å²) in [5, 5.41) is 0.451. The molecule has 4 rings (SSSR count). The maximum Gasteiger partial charge on any atom is 0.243 e. The number of amides is 1. The highest BCUT2D eigenvalue weighted by Crippen LogP contribution is 2.32. The van der Waals surface area contributed by atoms with Gasteiger partial charge in [-0.05, 0) is 54.8 Å². The summed E-state index contributed by atoms with van der Waals surface area (Å²) in [6, 6.07) is 23.0. The van der Waals surface area contributed by atoms with Crippen LogP contribution in [0.5, 0.6) is 0 Å². The van der Waals surface area contributed by atoms with Gasteiger partial charge in [0.2, 0.25) is 15.9 Å². The van der Waals surface area contributed by atoms with Crippen LogP contribution in [0.3, 0.4) is 0 Å². The Hall–Kier alpha value is -2.67. The SMILES string of the molecule is C[C@H]1Cc2ccccc2N1C(=O)CN(Cc1ccccc1)S(=O)(=O)c1ccc(Cl)cc1. The van der Waals surface area contributed by atoms with E-state index in [9.17, 15) is 13.2 Å². The predicted molar refractivity (Wildman–Crippen MR) is 123 cm³/mol. The van der Waals surface area contributed by atoms with Crippen LogP contribution in [0.15, 0.2) is 83.8 Å². The lowest BCUT2D eigenvalue weighted by Crippen LogP contribution is -2.44. The molecule has 3 aromatic rings. The number of hydrogen-bond acceptors (Lipinski definition) is 3. The van der Waals surface area contributed by atoms with Crippen LogP contribution in [-0.2, 0) is 27.8 Å². The third kappa shape index (κ3) is 4.51. The van der Waals surface area contributed by atoms with Crippen LogP contribution < -0.4 is 4.90 Å². The second kappa shape index (κ2) is 8.83. The summed E-state index contributed by atoms with van der Waals surface area (Å²) in [6.07, 6.45) is 0.754. The molecule has 3 aromatic carbocycles. The fourth-order valence-electron chi connectivity index (χ4n) is 3.94. The Balaban J connectivity index is 1.66. The lowest BCUT2D eigenvalue weighted by molar-refractivity contribution is -0.119. The lowest BCUT2D eigenvalue weighted by Gasteiger charge is -2.27. The number of rotatable bonds is 6. The van der Waals surface area contributed by atoms with Gasteiger partial charge in [0.05, 0.1) is 11.4 Å². The zero-order valence-electron chi connectivity index (χ0n) is 17.1. The minimum atomic E-state index is -3.91. The molecule has 7 heteroatoms. The van der Waals surface area contributed by atoms with Gasteiger partial charge in [0.25, 0.3) is 0 Å². The van der Waals surface area contributed by atoms with E-state index in [-0.39, 0.29) is 29.9 Å². The number of anilines is 1. The van der Waals surface area contributed by atoms with Gasteiger partial charge in [-0.1, -0.05) is 60.1 Å². The van der Waals surface area contributed by atoms with Crippen molar-refractivity contribution in [3.05, 3.63) is 95.0 Å². The topological polar surface area (TPSA) is 57.7 Å². The van der Waals surface area contributed by atoms with Crippen LogP contribution in [0.25, 0.3) is 0 Å². The van der Waals surface area contributed by atoms with Crippen molar-refractivity contribution in [2.24, 2.45) is 0 Å².